The zero-order valence-electron chi connectivity index (χ0n) is 12.2. The Labute approximate surface area is 122 Å². The summed E-state index contributed by atoms with van der Waals surface area (Å²) < 4.78 is 34.4. The highest BCUT2D eigenvalue weighted by Crippen LogP contribution is 2.36. The van der Waals surface area contributed by atoms with Crippen LogP contribution in [0, 0.1) is 5.41 Å². The molecule has 0 aromatic rings. The largest absolute Gasteiger partial charge is 0.378 e. The van der Waals surface area contributed by atoms with Gasteiger partial charge in [0.15, 0.2) is 0 Å². The number of primary sulfonamides is 1. The lowest BCUT2D eigenvalue weighted by molar-refractivity contribution is -0.0166. The van der Waals surface area contributed by atoms with Crippen molar-refractivity contribution in [3.8, 4) is 0 Å². The minimum Gasteiger partial charge on any atom is -0.378 e. The fourth-order valence-corrected chi connectivity index (χ4v) is 4.64. The van der Waals surface area contributed by atoms with Crippen LogP contribution in [0.5, 0.6) is 0 Å². The van der Waals surface area contributed by atoms with Crippen LogP contribution in [0.3, 0.4) is 0 Å². The van der Waals surface area contributed by atoms with Crippen molar-refractivity contribution in [1.82, 2.24) is 0 Å². The van der Waals surface area contributed by atoms with Crippen molar-refractivity contribution in [3.05, 3.63) is 0 Å². The van der Waals surface area contributed by atoms with E-state index in [1.807, 2.05) is 0 Å². The quantitative estimate of drug-likeness (QED) is 0.759. The maximum Gasteiger partial charge on any atom is 0.209 e. The van der Waals surface area contributed by atoms with E-state index in [0.717, 1.165) is 45.1 Å². The molecule has 2 fully saturated rings. The average Bonchev–Trinajstić information content (AvgIpc) is 2.75. The van der Waals surface area contributed by atoms with Gasteiger partial charge in [-0.05, 0) is 25.7 Å². The molecule has 1 aliphatic carbocycles. The van der Waals surface area contributed by atoms with Gasteiger partial charge in [-0.25, -0.2) is 13.6 Å². The van der Waals surface area contributed by atoms with Crippen molar-refractivity contribution in [2.75, 3.05) is 25.6 Å². The summed E-state index contributed by atoms with van der Waals surface area (Å²) in [6.45, 7) is 1.88. The van der Waals surface area contributed by atoms with E-state index in [0.29, 0.717) is 13.2 Å². The van der Waals surface area contributed by atoms with E-state index >= 15 is 0 Å². The normalized spacial score (nSPS) is 27.4. The maximum absolute atomic E-state index is 11.5. The lowest BCUT2D eigenvalue weighted by atomic mass is 9.83. The topological polar surface area (TPSA) is 78.6 Å². The second-order valence-corrected chi connectivity index (χ2v) is 7.99. The standard InChI is InChI=1S/C14H27NO4S/c15-20(16,17)12-14(7-3-1-2-4-8-14)11-18-10-13-6-5-9-19-13/h13H,1-12H2,(H2,15,16,17). The van der Waals surface area contributed by atoms with E-state index in [9.17, 15) is 8.42 Å². The van der Waals surface area contributed by atoms with Gasteiger partial charge in [0, 0.05) is 12.0 Å². The van der Waals surface area contributed by atoms with Gasteiger partial charge in [0.1, 0.15) is 0 Å². The third-order valence-electron chi connectivity index (χ3n) is 4.41. The van der Waals surface area contributed by atoms with Gasteiger partial charge in [-0.3, -0.25) is 0 Å². The molecule has 118 valence electrons. The summed E-state index contributed by atoms with van der Waals surface area (Å²) in [5.74, 6) is 0.0471. The Morgan fingerprint density at radius 1 is 1.15 bits per heavy atom. The van der Waals surface area contributed by atoms with Crippen LogP contribution in [0.4, 0.5) is 0 Å². The molecule has 1 heterocycles. The summed E-state index contributed by atoms with van der Waals surface area (Å²) in [4.78, 5) is 0. The van der Waals surface area contributed by atoms with Crippen molar-refractivity contribution in [2.24, 2.45) is 10.6 Å². The lowest BCUT2D eigenvalue weighted by Gasteiger charge is -2.32. The number of ether oxygens (including phenoxy) is 2. The lowest BCUT2D eigenvalue weighted by Crippen LogP contribution is -2.38. The Hall–Kier alpha value is -0.170. The van der Waals surface area contributed by atoms with E-state index < -0.39 is 10.0 Å². The van der Waals surface area contributed by atoms with Crippen LogP contribution in [-0.4, -0.2) is 40.1 Å². The Morgan fingerprint density at radius 2 is 1.85 bits per heavy atom. The first kappa shape index (κ1) is 16.2. The highest BCUT2D eigenvalue weighted by molar-refractivity contribution is 7.89. The maximum atomic E-state index is 11.5. The van der Waals surface area contributed by atoms with E-state index in [1.165, 1.54) is 12.8 Å². The molecule has 0 amide bonds. The minimum absolute atomic E-state index is 0.0471. The van der Waals surface area contributed by atoms with Gasteiger partial charge in [0.2, 0.25) is 10.0 Å². The van der Waals surface area contributed by atoms with E-state index in [1.54, 1.807) is 0 Å². The molecule has 0 radical (unpaired) electrons. The predicted octanol–water partition coefficient (Wildman–Crippen LogP) is 1.81. The molecule has 1 saturated heterocycles. The Morgan fingerprint density at radius 3 is 2.40 bits per heavy atom. The van der Waals surface area contributed by atoms with Gasteiger partial charge in [-0.15, -0.1) is 0 Å². The van der Waals surface area contributed by atoms with Crippen LogP contribution in [0.15, 0.2) is 0 Å². The van der Waals surface area contributed by atoms with Gasteiger partial charge < -0.3 is 9.47 Å². The van der Waals surface area contributed by atoms with Crippen molar-refractivity contribution in [2.45, 2.75) is 57.5 Å². The predicted molar refractivity (Wildman–Crippen MR) is 77.9 cm³/mol. The molecule has 0 spiro atoms. The smallest absolute Gasteiger partial charge is 0.209 e. The SMILES string of the molecule is NS(=O)(=O)CC1(COCC2CCCO2)CCCCCC1. The Balaban J connectivity index is 1.90. The van der Waals surface area contributed by atoms with Crippen LogP contribution < -0.4 is 5.14 Å². The molecular formula is C14H27NO4S. The number of sulfonamides is 1. The van der Waals surface area contributed by atoms with Crippen LogP contribution in [-0.2, 0) is 19.5 Å². The molecule has 1 unspecified atom stereocenters. The molecular weight excluding hydrogens is 278 g/mol. The first-order chi connectivity index (χ1) is 9.49. The van der Waals surface area contributed by atoms with Crippen LogP contribution in [0.1, 0.15) is 51.4 Å². The molecule has 0 aromatic carbocycles. The summed E-state index contributed by atoms with van der Waals surface area (Å²) in [5, 5.41) is 5.29. The third kappa shape index (κ3) is 5.31. The minimum atomic E-state index is -3.46. The number of rotatable bonds is 6. The average molecular weight is 305 g/mol. The van der Waals surface area contributed by atoms with E-state index in [-0.39, 0.29) is 17.3 Å². The fourth-order valence-electron chi connectivity index (χ4n) is 3.42. The third-order valence-corrected chi connectivity index (χ3v) is 5.42. The summed E-state index contributed by atoms with van der Waals surface area (Å²) in [6.07, 6.45) is 8.61. The Kier molecular flexibility index (Phi) is 5.84. The van der Waals surface area contributed by atoms with Crippen molar-refractivity contribution in [1.29, 1.82) is 0 Å². The van der Waals surface area contributed by atoms with Crippen molar-refractivity contribution in [3.63, 3.8) is 0 Å². The molecule has 2 aliphatic rings. The van der Waals surface area contributed by atoms with Crippen LogP contribution in [0.2, 0.25) is 0 Å². The molecule has 2 rings (SSSR count). The molecule has 1 saturated carbocycles. The van der Waals surface area contributed by atoms with Gasteiger partial charge in [-0.1, -0.05) is 25.7 Å². The van der Waals surface area contributed by atoms with Gasteiger partial charge in [0.25, 0.3) is 0 Å². The van der Waals surface area contributed by atoms with Crippen LogP contribution >= 0.6 is 0 Å². The zero-order valence-corrected chi connectivity index (χ0v) is 13.0. The molecule has 20 heavy (non-hydrogen) atoms. The van der Waals surface area contributed by atoms with Crippen molar-refractivity contribution < 1.29 is 17.9 Å². The molecule has 0 aromatic heterocycles. The molecule has 2 N–H and O–H groups in total. The first-order valence-electron chi connectivity index (χ1n) is 7.69. The second-order valence-electron chi connectivity index (χ2n) is 6.37. The molecule has 6 heteroatoms. The first-order valence-corrected chi connectivity index (χ1v) is 9.41. The summed E-state index contributed by atoms with van der Waals surface area (Å²) in [7, 11) is -3.46. The van der Waals surface area contributed by atoms with Crippen LogP contribution in [0.25, 0.3) is 0 Å². The Bertz CT molecular complexity index is 382. The summed E-state index contributed by atoms with van der Waals surface area (Å²) in [5.41, 5.74) is -0.289. The number of nitrogens with two attached hydrogens (primary N) is 1. The van der Waals surface area contributed by atoms with E-state index in [4.69, 9.17) is 14.6 Å². The zero-order chi connectivity index (χ0) is 14.5. The van der Waals surface area contributed by atoms with E-state index in [2.05, 4.69) is 0 Å². The molecule has 1 aliphatic heterocycles. The van der Waals surface area contributed by atoms with Crippen molar-refractivity contribution >= 4 is 10.0 Å². The summed E-state index contributed by atoms with van der Waals surface area (Å²) >= 11 is 0. The molecule has 1 atom stereocenters. The summed E-state index contributed by atoms with van der Waals surface area (Å²) in [6, 6.07) is 0. The number of hydrogen-bond acceptors (Lipinski definition) is 4. The fraction of sp³-hybridized carbons (Fsp3) is 1.00. The monoisotopic (exact) mass is 305 g/mol. The molecule has 5 nitrogen and oxygen atoms in total. The highest BCUT2D eigenvalue weighted by atomic mass is 32.2. The highest BCUT2D eigenvalue weighted by Gasteiger charge is 2.35. The second kappa shape index (κ2) is 7.20. The number of hydrogen-bond donors (Lipinski definition) is 1. The van der Waals surface area contributed by atoms with Gasteiger partial charge in [-0.2, -0.15) is 0 Å². The van der Waals surface area contributed by atoms with Gasteiger partial charge in [0.05, 0.1) is 25.1 Å². The molecule has 0 bridgehead atoms. The van der Waals surface area contributed by atoms with Gasteiger partial charge >= 0.3 is 0 Å².